The number of fused-ring (bicyclic) bond motifs is 1. The standard InChI is InChI=1S/C19H25N5O2S/c1-14-22-15(13-27-14)11-23(3)19(20-2)21-9-6-10-24-16-7-4-5-8-17(16)26-12-18(24)25/h4-5,7-8,13H,6,9-12H2,1-3H3,(H,20,21). The van der Waals surface area contributed by atoms with Crippen LogP contribution in [0.2, 0.25) is 0 Å². The van der Waals surface area contributed by atoms with E-state index in [2.05, 4.69) is 20.7 Å². The van der Waals surface area contributed by atoms with Crippen molar-refractivity contribution >= 4 is 28.9 Å². The normalized spacial score (nSPS) is 14.0. The summed E-state index contributed by atoms with van der Waals surface area (Å²) >= 11 is 1.65. The Morgan fingerprint density at radius 3 is 3.00 bits per heavy atom. The molecule has 1 amide bonds. The van der Waals surface area contributed by atoms with E-state index >= 15 is 0 Å². The van der Waals surface area contributed by atoms with Crippen molar-refractivity contribution in [3.63, 3.8) is 0 Å². The molecule has 2 heterocycles. The van der Waals surface area contributed by atoms with Crippen molar-refractivity contribution in [3.05, 3.63) is 40.3 Å². The van der Waals surface area contributed by atoms with Gasteiger partial charge in [-0.25, -0.2) is 4.98 Å². The van der Waals surface area contributed by atoms with Crippen LogP contribution >= 0.6 is 11.3 Å². The van der Waals surface area contributed by atoms with Crippen molar-refractivity contribution in [2.45, 2.75) is 19.9 Å². The summed E-state index contributed by atoms with van der Waals surface area (Å²) in [4.78, 5) is 24.9. The predicted molar refractivity (Wildman–Crippen MR) is 109 cm³/mol. The van der Waals surface area contributed by atoms with Crippen molar-refractivity contribution in [2.24, 2.45) is 4.99 Å². The minimum atomic E-state index is -0.00546. The van der Waals surface area contributed by atoms with E-state index in [9.17, 15) is 4.79 Å². The molecule has 7 nitrogen and oxygen atoms in total. The molecule has 0 saturated heterocycles. The van der Waals surface area contributed by atoms with Crippen molar-refractivity contribution < 1.29 is 9.53 Å². The monoisotopic (exact) mass is 387 g/mol. The van der Waals surface area contributed by atoms with Crippen LogP contribution in [0, 0.1) is 6.92 Å². The maximum atomic E-state index is 12.2. The Kier molecular flexibility index (Phi) is 6.28. The minimum Gasteiger partial charge on any atom is -0.482 e. The van der Waals surface area contributed by atoms with Gasteiger partial charge in [0.1, 0.15) is 5.75 Å². The lowest BCUT2D eigenvalue weighted by Crippen LogP contribution is -2.42. The fourth-order valence-corrected chi connectivity index (χ4v) is 3.62. The number of anilines is 1. The lowest BCUT2D eigenvalue weighted by molar-refractivity contribution is -0.121. The highest BCUT2D eigenvalue weighted by Gasteiger charge is 2.24. The van der Waals surface area contributed by atoms with Crippen LogP contribution in [0.15, 0.2) is 34.6 Å². The number of benzene rings is 1. The van der Waals surface area contributed by atoms with E-state index in [4.69, 9.17) is 4.74 Å². The van der Waals surface area contributed by atoms with Gasteiger partial charge in [-0.2, -0.15) is 0 Å². The molecule has 144 valence electrons. The highest BCUT2D eigenvalue weighted by Crippen LogP contribution is 2.31. The Balaban J connectivity index is 1.49. The molecule has 27 heavy (non-hydrogen) atoms. The van der Waals surface area contributed by atoms with Crippen LogP contribution in [0.4, 0.5) is 5.69 Å². The maximum Gasteiger partial charge on any atom is 0.265 e. The molecule has 1 aromatic carbocycles. The zero-order chi connectivity index (χ0) is 19.2. The SMILES string of the molecule is CN=C(NCCCN1C(=O)COc2ccccc21)N(C)Cc1csc(C)n1. The zero-order valence-electron chi connectivity index (χ0n) is 15.9. The van der Waals surface area contributed by atoms with Gasteiger partial charge in [0, 0.05) is 32.6 Å². The molecule has 0 atom stereocenters. The van der Waals surface area contributed by atoms with Gasteiger partial charge in [0.2, 0.25) is 0 Å². The number of thiazole rings is 1. The van der Waals surface area contributed by atoms with Crippen LogP contribution < -0.4 is 15.0 Å². The molecule has 1 aliphatic rings. The molecule has 1 N–H and O–H groups in total. The molecule has 0 aliphatic carbocycles. The van der Waals surface area contributed by atoms with Gasteiger partial charge in [-0.15, -0.1) is 11.3 Å². The number of amides is 1. The number of nitrogens with one attached hydrogen (secondary N) is 1. The highest BCUT2D eigenvalue weighted by molar-refractivity contribution is 7.09. The first-order valence-electron chi connectivity index (χ1n) is 8.93. The summed E-state index contributed by atoms with van der Waals surface area (Å²) in [5.41, 5.74) is 1.88. The Bertz CT molecular complexity index is 820. The van der Waals surface area contributed by atoms with E-state index < -0.39 is 0 Å². The van der Waals surface area contributed by atoms with Gasteiger partial charge in [-0.05, 0) is 25.5 Å². The van der Waals surface area contributed by atoms with Gasteiger partial charge in [0.05, 0.1) is 22.9 Å². The fourth-order valence-electron chi connectivity index (χ4n) is 3.02. The molecule has 3 rings (SSSR count). The van der Waals surface area contributed by atoms with Crippen LogP contribution in [0.25, 0.3) is 0 Å². The van der Waals surface area contributed by atoms with Gasteiger partial charge in [-0.1, -0.05) is 12.1 Å². The number of aliphatic imine (C=N–C) groups is 1. The number of para-hydroxylation sites is 2. The molecule has 1 aromatic heterocycles. The number of nitrogens with zero attached hydrogens (tertiary/aromatic N) is 4. The number of aromatic nitrogens is 1. The van der Waals surface area contributed by atoms with Gasteiger partial charge >= 0.3 is 0 Å². The molecule has 0 saturated carbocycles. The topological polar surface area (TPSA) is 70.1 Å². The summed E-state index contributed by atoms with van der Waals surface area (Å²) in [7, 11) is 3.76. The van der Waals surface area contributed by atoms with E-state index in [-0.39, 0.29) is 12.5 Å². The van der Waals surface area contributed by atoms with Gasteiger partial charge in [-0.3, -0.25) is 9.79 Å². The average molecular weight is 388 g/mol. The molecule has 0 spiro atoms. The zero-order valence-corrected chi connectivity index (χ0v) is 16.8. The second-order valence-electron chi connectivity index (χ2n) is 6.34. The molecule has 0 radical (unpaired) electrons. The molecule has 0 bridgehead atoms. The summed E-state index contributed by atoms with van der Waals surface area (Å²) in [5, 5.41) is 6.49. The molecular weight excluding hydrogens is 362 g/mol. The van der Waals surface area contributed by atoms with Crippen LogP contribution in [-0.2, 0) is 11.3 Å². The van der Waals surface area contributed by atoms with E-state index in [1.807, 2.05) is 43.1 Å². The van der Waals surface area contributed by atoms with E-state index in [0.717, 1.165) is 41.1 Å². The predicted octanol–water partition coefficient (Wildman–Crippen LogP) is 2.27. The first-order valence-corrected chi connectivity index (χ1v) is 9.81. The third-order valence-electron chi connectivity index (χ3n) is 4.29. The molecule has 8 heteroatoms. The van der Waals surface area contributed by atoms with Crippen LogP contribution in [-0.4, -0.2) is 55.5 Å². The van der Waals surface area contributed by atoms with Gasteiger partial charge in [0.15, 0.2) is 12.6 Å². The van der Waals surface area contributed by atoms with Crippen molar-refractivity contribution in [3.8, 4) is 5.75 Å². The molecule has 0 unspecified atom stereocenters. The summed E-state index contributed by atoms with van der Waals surface area (Å²) in [6, 6.07) is 7.65. The average Bonchev–Trinajstić information content (AvgIpc) is 3.07. The number of hydrogen-bond acceptors (Lipinski definition) is 5. The Labute approximate surface area is 163 Å². The molecule has 2 aromatic rings. The third kappa shape index (κ3) is 4.77. The molecular formula is C19H25N5O2S. The lowest BCUT2D eigenvalue weighted by Gasteiger charge is -2.29. The minimum absolute atomic E-state index is 0.00546. The highest BCUT2D eigenvalue weighted by atomic mass is 32.1. The Morgan fingerprint density at radius 1 is 1.44 bits per heavy atom. The number of aryl methyl sites for hydroxylation is 1. The van der Waals surface area contributed by atoms with Crippen LogP contribution in [0.5, 0.6) is 5.75 Å². The van der Waals surface area contributed by atoms with Crippen molar-refractivity contribution in [1.82, 2.24) is 15.2 Å². The first-order chi connectivity index (χ1) is 13.1. The van der Waals surface area contributed by atoms with Gasteiger partial charge in [0.25, 0.3) is 5.91 Å². The second-order valence-corrected chi connectivity index (χ2v) is 7.41. The number of guanidine groups is 1. The lowest BCUT2D eigenvalue weighted by atomic mass is 10.2. The summed E-state index contributed by atoms with van der Waals surface area (Å²) in [6.45, 7) is 4.17. The Morgan fingerprint density at radius 2 is 2.26 bits per heavy atom. The number of ether oxygens (including phenoxy) is 1. The summed E-state index contributed by atoms with van der Waals surface area (Å²) in [6.07, 6.45) is 0.808. The van der Waals surface area contributed by atoms with Crippen molar-refractivity contribution in [2.75, 3.05) is 38.7 Å². The fraction of sp³-hybridized carbons (Fsp3) is 0.421. The smallest absolute Gasteiger partial charge is 0.265 e. The van der Waals surface area contributed by atoms with Crippen LogP contribution in [0.1, 0.15) is 17.1 Å². The van der Waals surface area contributed by atoms with E-state index in [1.54, 1.807) is 23.3 Å². The van der Waals surface area contributed by atoms with Gasteiger partial charge < -0.3 is 19.9 Å². The quantitative estimate of drug-likeness (QED) is 0.468. The largest absolute Gasteiger partial charge is 0.482 e. The number of carbonyl (C=O) groups is 1. The first kappa shape index (κ1) is 19.2. The van der Waals surface area contributed by atoms with E-state index in [1.165, 1.54) is 0 Å². The number of rotatable bonds is 6. The second kappa shape index (κ2) is 8.85. The van der Waals surface area contributed by atoms with Crippen LogP contribution in [0.3, 0.4) is 0 Å². The summed E-state index contributed by atoms with van der Waals surface area (Å²) < 4.78 is 5.48. The maximum absolute atomic E-state index is 12.2. The Hall–Kier alpha value is -2.61. The summed E-state index contributed by atoms with van der Waals surface area (Å²) in [5.74, 6) is 1.57. The third-order valence-corrected chi connectivity index (χ3v) is 5.11. The van der Waals surface area contributed by atoms with E-state index in [0.29, 0.717) is 13.1 Å². The number of carbonyl (C=O) groups excluding carboxylic acids is 1. The molecule has 1 aliphatic heterocycles. The molecule has 0 fully saturated rings. The number of hydrogen-bond donors (Lipinski definition) is 1. The van der Waals surface area contributed by atoms with Crippen molar-refractivity contribution in [1.29, 1.82) is 0 Å².